The fourth-order valence-corrected chi connectivity index (χ4v) is 1.86. The van der Waals surface area contributed by atoms with Crippen molar-refractivity contribution >= 4 is 5.97 Å². The van der Waals surface area contributed by atoms with Crippen LogP contribution in [0.25, 0.3) is 11.3 Å². The summed E-state index contributed by atoms with van der Waals surface area (Å²) in [5, 5.41) is 22.8. The van der Waals surface area contributed by atoms with Gasteiger partial charge < -0.3 is 14.7 Å². The molecule has 0 spiro atoms. The van der Waals surface area contributed by atoms with Crippen LogP contribution in [0.3, 0.4) is 0 Å². The summed E-state index contributed by atoms with van der Waals surface area (Å²) in [6.45, 7) is 5.95. The second kappa shape index (κ2) is 4.42. The Balaban J connectivity index is 2.54. The third kappa shape index (κ3) is 2.45. The number of rotatable bonds is 2. The van der Waals surface area contributed by atoms with Crippen LogP contribution >= 0.6 is 0 Å². The Morgan fingerprint density at radius 1 is 1.32 bits per heavy atom. The Morgan fingerprint density at radius 3 is 2.53 bits per heavy atom. The van der Waals surface area contributed by atoms with E-state index in [1.54, 1.807) is 12.1 Å². The van der Waals surface area contributed by atoms with Crippen molar-refractivity contribution in [2.45, 2.75) is 26.2 Å². The molecule has 0 aliphatic rings. The van der Waals surface area contributed by atoms with Crippen LogP contribution in [0.15, 0.2) is 28.8 Å². The molecule has 0 aliphatic heterocycles. The largest absolute Gasteiger partial charge is 0.507 e. The number of phenols is 1. The average Bonchev–Trinajstić information content (AvgIpc) is 2.77. The zero-order chi connectivity index (χ0) is 14.2. The average molecular weight is 261 g/mol. The lowest BCUT2D eigenvalue weighted by molar-refractivity contribution is 0.0652. The first kappa shape index (κ1) is 13.1. The number of aromatic hydroxyl groups is 1. The summed E-state index contributed by atoms with van der Waals surface area (Å²) >= 11 is 0. The summed E-state index contributed by atoms with van der Waals surface area (Å²) in [7, 11) is 0. The van der Waals surface area contributed by atoms with Gasteiger partial charge in [0.2, 0.25) is 5.76 Å². The van der Waals surface area contributed by atoms with Gasteiger partial charge in [-0.2, -0.15) is 0 Å². The normalized spacial score (nSPS) is 11.5. The first-order valence-electron chi connectivity index (χ1n) is 5.83. The van der Waals surface area contributed by atoms with Gasteiger partial charge in [0.15, 0.2) is 0 Å². The van der Waals surface area contributed by atoms with Gasteiger partial charge in [-0.05, 0) is 17.0 Å². The van der Waals surface area contributed by atoms with E-state index in [-0.39, 0.29) is 16.9 Å². The molecule has 2 N–H and O–H groups in total. The quantitative estimate of drug-likeness (QED) is 0.868. The molecular weight excluding hydrogens is 246 g/mol. The van der Waals surface area contributed by atoms with E-state index >= 15 is 0 Å². The summed E-state index contributed by atoms with van der Waals surface area (Å²) in [5.74, 6) is -1.35. The Hall–Kier alpha value is -2.30. The number of nitrogens with zero attached hydrogens (tertiary/aromatic N) is 1. The molecule has 1 aromatic heterocycles. The number of hydrogen-bond acceptors (Lipinski definition) is 4. The lowest BCUT2D eigenvalue weighted by atomic mass is 9.85. The summed E-state index contributed by atoms with van der Waals surface area (Å²) in [6, 6.07) is 6.60. The van der Waals surface area contributed by atoms with Gasteiger partial charge in [-0.3, -0.25) is 0 Å². The van der Waals surface area contributed by atoms with Crippen LogP contribution in [-0.2, 0) is 5.41 Å². The number of hydrogen-bond donors (Lipinski definition) is 2. The lowest BCUT2D eigenvalue weighted by Crippen LogP contribution is -2.11. The van der Waals surface area contributed by atoms with Gasteiger partial charge in [-0.15, -0.1) is 0 Å². The van der Waals surface area contributed by atoms with Crippen molar-refractivity contribution in [1.82, 2.24) is 5.16 Å². The van der Waals surface area contributed by atoms with Crippen LogP contribution in [0.4, 0.5) is 0 Å². The van der Waals surface area contributed by atoms with Crippen LogP contribution in [0, 0.1) is 0 Å². The number of aromatic carboxylic acids is 1. The van der Waals surface area contributed by atoms with E-state index in [0.717, 1.165) is 5.56 Å². The summed E-state index contributed by atoms with van der Waals surface area (Å²) in [5.41, 5.74) is 1.31. The number of aromatic nitrogens is 1. The molecule has 100 valence electrons. The number of para-hydroxylation sites is 1. The van der Waals surface area contributed by atoms with Gasteiger partial charge in [-0.25, -0.2) is 4.79 Å². The van der Waals surface area contributed by atoms with E-state index < -0.39 is 5.97 Å². The minimum absolute atomic E-state index is 0.0974. The molecule has 1 heterocycles. The van der Waals surface area contributed by atoms with Gasteiger partial charge in [0.25, 0.3) is 0 Å². The van der Waals surface area contributed by atoms with Crippen LogP contribution in [0.5, 0.6) is 5.75 Å². The SMILES string of the molecule is CC(C)(C)c1cccc(-c2cc(C(=O)O)on2)c1O. The molecule has 2 rings (SSSR count). The Labute approximate surface area is 110 Å². The van der Waals surface area contributed by atoms with E-state index in [9.17, 15) is 9.90 Å². The second-order valence-corrected chi connectivity index (χ2v) is 5.33. The maximum Gasteiger partial charge on any atom is 0.374 e. The van der Waals surface area contributed by atoms with E-state index in [1.165, 1.54) is 6.07 Å². The first-order valence-corrected chi connectivity index (χ1v) is 5.83. The van der Waals surface area contributed by atoms with Gasteiger partial charge in [0.1, 0.15) is 11.4 Å². The molecule has 19 heavy (non-hydrogen) atoms. The third-order valence-corrected chi connectivity index (χ3v) is 2.84. The van der Waals surface area contributed by atoms with Crippen molar-refractivity contribution < 1.29 is 19.5 Å². The molecule has 0 radical (unpaired) electrons. The van der Waals surface area contributed by atoms with Crippen LogP contribution in [0.2, 0.25) is 0 Å². The zero-order valence-corrected chi connectivity index (χ0v) is 11.0. The van der Waals surface area contributed by atoms with Crippen LogP contribution in [0.1, 0.15) is 36.9 Å². The Morgan fingerprint density at radius 2 is 2.00 bits per heavy atom. The Kier molecular flexibility index (Phi) is 3.06. The van der Waals surface area contributed by atoms with Gasteiger partial charge in [0, 0.05) is 11.6 Å². The molecule has 0 saturated carbocycles. The topological polar surface area (TPSA) is 83.6 Å². The lowest BCUT2D eigenvalue weighted by Gasteiger charge is -2.21. The highest BCUT2D eigenvalue weighted by molar-refractivity contribution is 5.86. The second-order valence-electron chi connectivity index (χ2n) is 5.33. The molecule has 0 saturated heterocycles. The van der Waals surface area contributed by atoms with E-state index in [4.69, 9.17) is 9.63 Å². The minimum Gasteiger partial charge on any atom is -0.507 e. The van der Waals surface area contributed by atoms with Crippen LogP contribution < -0.4 is 0 Å². The third-order valence-electron chi connectivity index (χ3n) is 2.84. The fourth-order valence-electron chi connectivity index (χ4n) is 1.86. The fraction of sp³-hybridized carbons (Fsp3) is 0.286. The first-order chi connectivity index (χ1) is 8.80. The number of carbonyl (C=O) groups is 1. The van der Waals surface area contributed by atoms with E-state index in [1.807, 2.05) is 26.8 Å². The predicted molar refractivity (Wildman–Crippen MR) is 69.3 cm³/mol. The smallest absolute Gasteiger partial charge is 0.374 e. The number of benzene rings is 1. The minimum atomic E-state index is -1.19. The monoisotopic (exact) mass is 261 g/mol. The summed E-state index contributed by atoms with van der Waals surface area (Å²) in [6.07, 6.45) is 0. The molecule has 0 fully saturated rings. The predicted octanol–water partition coefficient (Wildman–Crippen LogP) is 3.04. The van der Waals surface area contributed by atoms with E-state index in [0.29, 0.717) is 11.3 Å². The zero-order valence-electron chi connectivity index (χ0n) is 11.0. The van der Waals surface area contributed by atoms with Crippen LogP contribution in [-0.4, -0.2) is 21.3 Å². The summed E-state index contributed by atoms with van der Waals surface area (Å²) in [4.78, 5) is 10.8. The highest BCUT2D eigenvalue weighted by Gasteiger charge is 2.22. The number of carboxylic acids is 1. The van der Waals surface area contributed by atoms with Crippen molar-refractivity contribution in [3.8, 4) is 17.0 Å². The molecule has 5 nitrogen and oxygen atoms in total. The molecule has 0 amide bonds. The standard InChI is InChI=1S/C14H15NO4/c1-14(2,3)9-6-4-5-8(12(9)16)10-7-11(13(17)18)19-15-10/h4-7,16H,1-3H3,(H,17,18). The van der Waals surface area contributed by atoms with Gasteiger partial charge in [-0.1, -0.05) is 38.1 Å². The maximum atomic E-state index is 10.8. The van der Waals surface area contributed by atoms with Crippen molar-refractivity contribution in [3.05, 3.63) is 35.6 Å². The van der Waals surface area contributed by atoms with Crippen molar-refractivity contribution in [3.63, 3.8) is 0 Å². The molecule has 5 heteroatoms. The van der Waals surface area contributed by atoms with Gasteiger partial charge in [0.05, 0.1) is 0 Å². The Bertz CT molecular complexity index is 623. The molecule has 0 unspecified atom stereocenters. The number of phenolic OH excluding ortho intramolecular Hbond substituents is 1. The number of carboxylic acid groups (broad SMARTS) is 1. The van der Waals surface area contributed by atoms with Crippen molar-refractivity contribution in [2.75, 3.05) is 0 Å². The highest BCUT2D eigenvalue weighted by atomic mass is 16.5. The molecule has 0 bridgehead atoms. The molecular formula is C14H15NO4. The molecule has 2 aromatic rings. The van der Waals surface area contributed by atoms with Gasteiger partial charge >= 0.3 is 5.97 Å². The highest BCUT2D eigenvalue weighted by Crippen LogP contribution is 2.37. The molecule has 1 aromatic carbocycles. The van der Waals surface area contributed by atoms with Crippen molar-refractivity contribution in [2.24, 2.45) is 0 Å². The molecule has 0 atom stereocenters. The molecule has 0 aliphatic carbocycles. The maximum absolute atomic E-state index is 10.8. The van der Waals surface area contributed by atoms with Crippen molar-refractivity contribution in [1.29, 1.82) is 0 Å². The van der Waals surface area contributed by atoms with E-state index in [2.05, 4.69) is 5.16 Å². The summed E-state index contributed by atoms with van der Waals surface area (Å²) < 4.78 is 4.70.